The molecule has 0 unspecified atom stereocenters. The topological polar surface area (TPSA) is 67.1 Å². The van der Waals surface area contributed by atoms with Gasteiger partial charge in [-0.3, -0.25) is 4.98 Å². The first-order chi connectivity index (χ1) is 12.8. The summed E-state index contributed by atoms with van der Waals surface area (Å²) in [5.74, 6) is 0.792. The number of pyridine rings is 1. The summed E-state index contributed by atoms with van der Waals surface area (Å²) in [5, 5.41) is 6.58. The van der Waals surface area contributed by atoms with Gasteiger partial charge in [0.05, 0.1) is 25.1 Å². The Bertz CT molecular complexity index is 794. The number of rotatable bonds is 7. The van der Waals surface area contributed by atoms with Gasteiger partial charge in [-0.25, -0.2) is 9.98 Å². The van der Waals surface area contributed by atoms with Gasteiger partial charge in [0.15, 0.2) is 5.96 Å². The van der Waals surface area contributed by atoms with Crippen LogP contribution < -0.4 is 10.6 Å². The van der Waals surface area contributed by atoms with E-state index in [0.29, 0.717) is 13.1 Å². The van der Waals surface area contributed by atoms with Gasteiger partial charge < -0.3 is 15.2 Å². The summed E-state index contributed by atoms with van der Waals surface area (Å²) >= 11 is 0. The Labute approximate surface area is 154 Å². The average molecular weight is 348 g/mol. The van der Waals surface area contributed by atoms with Crippen molar-refractivity contribution in [1.82, 2.24) is 25.2 Å². The average Bonchev–Trinajstić information content (AvgIpc) is 3.19. The highest BCUT2D eigenvalue weighted by Crippen LogP contribution is 2.07. The van der Waals surface area contributed by atoms with E-state index in [2.05, 4.69) is 61.4 Å². The maximum atomic E-state index is 4.66. The van der Waals surface area contributed by atoms with Gasteiger partial charge in [-0.05, 0) is 30.2 Å². The van der Waals surface area contributed by atoms with E-state index in [1.807, 2.05) is 30.7 Å². The van der Waals surface area contributed by atoms with Gasteiger partial charge in [0, 0.05) is 31.7 Å². The molecule has 0 saturated heterocycles. The smallest absolute Gasteiger partial charge is 0.191 e. The van der Waals surface area contributed by atoms with Crippen molar-refractivity contribution in [2.24, 2.45) is 4.99 Å². The zero-order valence-electron chi connectivity index (χ0n) is 15.0. The second-order valence-corrected chi connectivity index (χ2v) is 5.92. The summed E-state index contributed by atoms with van der Waals surface area (Å²) in [6.07, 6.45) is 7.39. The lowest BCUT2D eigenvalue weighted by Crippen LogP contribution is -2.36. The third kappa shape index (κ3) is 5.44. The van der Waals surface area contributed by atoms with Crippen molar-refractivity contribution in [3.63, 3.8) is 0 Å². The molecular formula is C20H24N6. The molecule has 134 valence electrons. The van der Waals surface area contributed by atoms with E-state index in [-0.39, 0.29) is 0 Å². The third-order valence-corrected chi connectivity index (χ3v) is 3.87. The molecule has 1 aromatic carbocycles. The van der Waals surface area contributed by atoms with Gasteiger partial charge >= 0.3 is 0 Å². The van der Waals surface area contributed by atoms with Crippen LogP contribution in [0.1, 0.15) is 23.7 Å². The fourth-order valence-electron chi connectivity index (χ4n) is 2.53. The van der Waals surface area contributed by atoms with E-state index in [1.54, 1.807) is 12.4 Å². The van der Waals surface area contributed by atoms with Crippen molar-refractivity contribution in [2.45, 2.75) is 26.6 Å². The van der Waals surface area contributed by atoms with Crippen LogP contribution in [0.5, 0.6) is 0 Å². The summed E-state index contributed by atoms with van der Waals surface area (Å²) in [6, 6.07) is 14.4. The lowest BCUT2D eigenvalue weighted by atomic mass is 10.1. The van der Waals surface area contributed by atoms with Crippen LogP contribution in [0.4, 0.5) is 0 Å². The Morgan fingerprint density at radius 2 is 1.88 bits per heavy atom. The second-order valence-electron chi connectivity index (χ2n) is 5.92. The minimum absolute atomic E-state index is 0.628. The Morgan fingerprint density at radius 3 is 2.58 bits per heavy atom. The van der Waals surface area contributed by atoms with Gasteiger partial charge in [0.1, 0.15) is 0 Å². The summed E-state index contributed by atoms with van der Waals surface area (Å²) in [4.78, 5) is 13.0. The van der Waals surface area contributed by atoms with Crippen LogP contribution in [-0.4, -0.2) is 27.0 Å². The number of aliphatic imine (C=N–C) groups is 1. The van der Waals surface area contributed by atoms with Crippen LogP contribution in [0.25, 0.3) is 0 Å². The fraction of sp³-hybridized carbons (Fsp3) is 0.250. The van der Waals surface area contributed by atoms with E-state index in [4.69, 9.17) is 0 Å². The van der Waals surface area contributed by atoms with Crippen LogP contribution in [0.15, 0.2) is 72.4 Å². The molecule has 0 amide bonds. The van der Waals surface area contributed by atoms with Gasteiger partial charge in [0.25, 0.3) is 0 Å². The first-order valence-corrected chi connectivity index (χ1v) is 8.79. The molecule has 0 aliphatic carbocycles. The lowest BCUT2D eigenvalue weighted by molar-refractivity contribution is 0.794. The zero-order valence-corrected chi connectivity index (χ0v) is 15.0. The van der Waals surface area contributed by atoms with E-state index >= 15 is 0 Å². The number of hydrogen-bond donors (Lipinski definition) is 2. The highest BCUT2D eigenvalue weighted by Gasteiger charge is 2.00. The molecule has 26 heavy (non-hydrogen) atoms. The van der Waals surface area contributed by atoms with Crippen LogP contribution in [0, 0.1) is 0 Å². The Kier molecular flexibility index (Phi) is 6.36. The molecular weight excluding hydrogens is 324 g/mol. The molecule has 0 fully saturated rings. The van der Waals surface area contributed by atoms with E-state index < -0.39 is 0 Å². The molecule has 2 aromatic heterocycles. The highest BCUT2D eigenvalue weighted by atomic mass is 15.2. The zero-order chi connectivity index (χ0) is 18.0. The molecule has 0 aliphatic rings. The number of nitrogens with zero attached hydrogens (tertiary/aromatic N) is 4. The Morgan fingerprint density at radius 1 is 1.04 bits per heavy atom. The van der Waals surface area contributed by atoms with Crippen molar-refractivity contribution >= 4 is 5.96 Å². The SMILES string of the molecule is CCNC(=NCc1ccc(Cn2ccnc2)cc1)NCc1ccccn1. The fourth-order valence-corrected chi connectivity index (χ4v) is 2.53. The summed E-state index contributed by atoms with van der Waals surface area (Å²) in [6.45, 7) is 4.98. The van der Waals surface area contributed by atoms with Crippen LogP contribution in [-0.2, 0) is 19.6 Å². The standard InChI is InChI=1S/C20H24N6/c1-2-22-20(25-14-19-5-3-4-10-23-19)24-13-17-6-8-18(9-7-17)15-26-12-11-21-16-26/h3-12,16H,2,13-15H2,1H3,(H2,22,24,25). The molecule has 0 radical (unpaired) electrons. The molecule has 6 heteroatoms. The Balaban J connectivity index is 1.56. The predicted octanol–water partition coefficient (Wildman–Crippen LogP) is 2.58. The normalized spacial score (nSPS) is 11.3. The number of benzene rings is 1. The summed E-state index contributed by atoms with van der Waals surface area (Å²) in [7, 11) is 0. The first kappa shape index (κ1) is 17.7. The molecule has 0 aliphatic heterocycles. The number of imidazole rings is 1. The number of guanidine groups is 1. The molecule has 0 spiro atoms. The van der Waals surface area contributed by atoms with Crippen molar-refractivity contribution in [2.75, 3.05) is 6.54 Å². The van der Waals surface area contributed by atoms with Crippen molar-refractivity contribution in [3.05, 3.63) is 84.2 Å². The number of nitrogens with one attached hydrogen (secondary N) is 2. The van der Waals surface area contributed by atoms with Crippen LogP contribution >= 0.6 is 0 Å². The van der Waals surface area contributed by atoms with Crippen molar-refractivity contribution < 1.29 is 0 Å². The third-order valence-electron chi connectivity index (χ3n) is 3.87. The molecule has 0 bridgehead atoms. The van der Waals surface area contributed by atoms with Gasteiger partial charge in [-0.2, -0.15) is 0 Å². The minimum Gasteiger partial charge on any atom is -0.357 e. The highest BCUT2D eigenvalue weighted by molar-refractivity contribution is 5.79. The second kappa shape index (κ2) is 9.36. The quantitative estimate of drug-likeness (QED) is 0.509. The Hall–Kier alpha value is -3.15. The van der Waals surface area contributed by atoms with Gasteiger partial charge in [-0.15, -0.1) is 0 Å². The molecule has 0 saturated carbocycles. The van der Waals surface area contributed by atoms with E-state index in [1.165, 1.54) is 11.1 Å². The first-order valence-electron chi connectivity index (χ1n) is 8.79. The van der Waals surface area contributed by atoms with Crippen molar-refractivity contribution in [3.8, 4) is 0 Å². The van der Waals surface area contributed by atoms with E-state index in [9.17, 15) is 0 Å². The maximum Gasteiger partial charge on any atom is 0.191 e. The molecule has 3 rings (SSSR count). The molecule has 2 N–H and O–H groups in total. The van der Waals surface area contributed by atoms with Crippen LogP contribution in [0.2, 0.25) is 0 Å². The monoisotopic (exact) mass is 348 g/mol. The van der Waals surface area contributed by atoms with Gasteiger partial charge in [-0.1, -0.05) is 30.3 Å². The molecule has 0 atom stereocenters. The molecule has 3 aromatic rings. The van der Waals surface area contributed by atoms with E-state index in [0.717, 1.165) is 24.7 Å². The summed E-state index contributed by atoms with van der Waals surface area (Å²) < 4.78 is 2.05. The van der Waals surface area contributed by atoms with Gasteiger partial charge in [0.2, 0.25) is 0 Å². The molecule has 2 heterocycles. The predicted molar refractivity (Wildman–Crippen MR) is 104 cm³/mol. The summed E-state index contributed by atoms with van der Waals surface area (Å²) in [5.41, 5.74) is 3.41. The number of aromatic nitrogens is 3. The number of hydrogen-bond acceptors (Lipinski definition) is 3. The molecule has 6 nitrogen and oxygen atoms in total. The maximum absolute atomic E-state index is 4.66. The van der Waals surface area contributed by atoms with Crippen molar-refractivity contribution in [1.29, 1.82) is 0 Å². The lowest BCUT2D eigenvalue weighted by Gasteiger charge is -2.11. The van der Waals surface area contributed by atoms with Crippen LogP contribution in [0.3, 0.4) is 0 Å². The minimum atomic E-state index is 0.628. The largest absolute Gasteiger partial charge is 0.357 e.